The predicted octanol–water partition coefficient (Wildman–Crippen LogP) is 1.40. The first kappa shape index (κ1) is 22.2. The van der Waals surface area contributed by atoms with Crippen LogP contribution in [-0.2, 0) is 36.8 Å². The number of nitrogens with one attached hydrogen (secondary N) is 1. The molecule has 3 N–H and O–H groups in total. The molecular weight excluding hydrogens is 350 g/mol. The summed E-state index contributed by atoms with van der Waals surface area (Å²) in [5.41, 5.74) is 3.06. The van der Waals surface area contributed by atoms with Crippen LogP contribution in [0.2, 0.25) is 0 Å². The Hall–Kier alpha value is -0.760. The molecule has 0 saturated carbocycles. The van der Waals surface area contributed by atoms with Crippen molar-refractivity contribution in [1.29, 1.82) is 0 Å². The fraction of sp³-hybridized carbons (Fsp3) is 0.818. The molecule has 0 atom stereocenters. The van der Waals surface area contributed by atoms with Crippen LogP contribution in [0.4, 0.5) is 0 Å². The van der Waals surface area contributed by atoms with Gasteiger partial charge in [-0.3, -0.25) is 18.7 Å². The highest BCUT2D eigenvalue weighted by Crippen LogP contribution is 2.69. The molecule has 0 aliphatic carbocycles. The first-order chi connectivity index (χ1) is 10.7. The van der Waals surface area contributed by atoms with Crippen LogP contribution in [0.3, 0.4) is 0 Å². The van der Waals surface area contributed by atoms with Gasteiger partial charge < -0.3 is 29.1 Å². The Labute approximate surface area is 135 Å². The summed E-state index contributed by atoms with van der Waals surface area (Å²) in [7, 11) is -8.31. The molecule has 0 spiro atoms. The average molecular weight is 374 g/mol. The van der Waals surface area contributed by atoms with Gasteiger partial charge in [-0.1, -0.05) is 0 Å². The normalized spacial score (nSPS) is 12.4. The van der Waals surface area contributed by atoms with Gasteiger partial charge in [-0.15, -0.1) is 0 Å². The van der Waals surface area contributed by atoms with Crippen LogP contribution in [0.25, 0.3) is 0 Å². The monoisotopic (exact) mass is 374 g/mol. The van der Waals surface area contributed by atoms with Gasteiger partial charge >= 0.3 is 27.0 Å². The maximum absolute atomic E-state index is 12.9. The third-order valence-corrected chi connectivity index (χ3v) is 7.94. The molecule has 0 radical (unpaired) electrons. The quantitative estimate of drug-likeness (QED) is 0.408. The zero-order chi connectivity index (χ0) is 18.1. The van der Waals surface area contributed by atoms with Crippen LogP contribution in [0.5, 0.6) is 0 Å². The van der Waals surface area contributed by atoms with Gasteiger partial charge in [-0.05, 0) is 27.7 Å². The van der Waals surface area contributed by atoms with Crippen molar-refractivity contribution in [2.75, 3.05) is 26.4 Å². The van der Waals surface area contributed by atoms with Crippen LogP contribution in [0, 0.1) is 0 Å². The summed E-state index contributed by atoms with van der Waals surface area (Å²) >= 11 is 0. The van der Waals surface area contributed by atoms with E-state index in [1.165, 1.54) is 27.7 Å². The zero-order valence-corrected chi connectivity index (χ0v) is 15.4. The molecule has 0 aliphatic heterocycles. The number of carbonyl (C=O) groups excluding carboxylic acids is 2. The fourth-order valence-electron chi connectivity index (χ4n) is 1.60. The molecule has 0 aromatic carbocycles. The lowest BCUT2D eigenvalue weighted by Crippen LogP contribution is -2.43. The fourth-order valence-corrected chi connectivity index (χ4v) is 6.49. The van der Waals surface area contributed by atoms with Crippen molar-refractivity contribution in [3.8, 4) is 0 Å². The maximum atomic E-state index is 12.9. The Bertz CT molecular complexity index is 448. The van der Waals surface area contributed by atoms with Crippen LogP contribution < -0.4 is 11.1 Å². The van der Waals surface area contributed by atoms with E-state index in [2.05, 4.69) is 0 Å². The highest BCUT2D eigenvalue weighted by molar-refractivity contribution is 7.72. The Morgan fingerprint density at radius 1 is 0.870 bits per heavy atom. The van der Waals surface area contributed by atoms with Crippen molar-refractivity contribution < 1.29 is 36.8 Å². The molecule has 12 heteroatoms. The van der Waals surface area contributed by atoms with Crippen molar-refractivity contribution in [2.24, 2.45) is 5.73 Å². The Morgan fingerprint density at radius 2 is 1.17 bits per heavy atom. The van der Waals surface area contributed by atoms with E-state index in [0.717, 1.165) is 0 Å². The Kier molecular flexibility index (Phi) is 9.84. The average Bonchev–Trinajstić information content (AvgIpc) is 2.45. The van der Waals surface area contributed by atoms with Crippen molar-refractivity contribution in [2.45, 2.75) is 33.2 Å². The Morgan fingerprint density at radius 3 is 1.39 bits per heavy atom. The molecule has 0 aromatic rings. The third-order valence-electron chi connectivity index (χ3n) is 2.32. The number of rotatable bonds is 11. The maximum Gasteiger partial charge on any atom is 0.365 e. The largest absolute Gasteiger partial charge is 0.365 e. The molecule has 136 valence electrons. The standard InChI is InChI=1S/C11H24N2O8P2/c1-5-18-22(16,19-6-2)11(13-10(15)9(12)14)23(17,20-7-3)21-8-4/h11H,5-8H2,1-4H3,(H2,12,14)(H,13,15). The van der Waals surface area contributed by atoms with E-state index in [-0.39, 0.29) is 26.4 Å². The zero-order valence-electron chi connectivity index (χ0n) is 13.6. The molecule has 0 rings (SSSR count). The van der Waals surface area contributed by atoms with Gasteiger partial charge in [0.25, 0.3) is 0 Å². The van der Waals surface area contributed by atoms with Crippen LogP contribution >= 0.6 is 15.2 Å². The number of hydrogen-bond acceptors (Lipinski definition) is 8. The highest BCUT2D eigenvalue weighted by Gasteiger charge is 2.52. The van der Waals surface area contributed by atoms with E-state index in [4.69, 9.17) is 23.8 Å². The molecule has 0 saturated heterocycles. The molecule has 0 heterocycles. The molecular formula is C11H24N2O8P2. The van der Waals surface area contributed by atoms with E-state index >= 15 is 0 Å². The second-order valence-corrected chi connectivity index (χ2v) is 8.59. The van der Waals surface area contributed by atoms with Gasteiger partial charge in [0.05, 0.1) is 26.4 Å². The topological polar surface area (TPSA) is 143 Å². The van der Waals surface area contributed by atoms with E-state index in [0.29, 0.717) is 0 Å². The molecule has 0 bridgehead atoms. The minimum absolute atomic E-state index is 0.0571. The van der Waals surface area contributed by atoms with Gasteiger partial charge in [0.15, 0.2) is 0 Å². The van der Waals surface area contributed by atoms with E-state index in [1.54, 1.807) is 0 Å². The Balaban J connectivity index is 5.94. The number of primary amides is 1. The first-order valence-electron chi connectivity index (χ1n) is 7.08. The summed E-state index contributed by atoms with van der Waals surface area (Å²) in [6.45, 7) is 5.90. The smallest absolute Gasteiger partial charge is 0.361 e. The minimum atomic E-state index is -4.16. The van der Waals surface area contributed by atoms with Crippen molar-refractivity contribution in [1.82, 2.24) is 5.32 Å². The molecule has 0 aliphatic rings. The molecule has 10 nitrogen and oxygen atoms in total. The number of amides is 2. The summed E-state index contributed by atoms with van der Waals surface area (Å²) in [4.78, 5) is 22.6. The van der Waals surface area contributed by atoms with E-state index in [1.807, 2.05) is 5.32 Å². The minimum Gasteiger partial charge on any atom is -0.361 e. The molecule has 23 heavy (non-hydrogen) atoms. The number of carbonyl (C=O) groups is 2. The number of hydrogen-bond donors (Lipinski definition) is 2. The van der Waals surface area contributed by atoms with Crippen LogP contribution in [0.15, 0.2) is 0 Å². The van der Waals surface area contributed by atoms with Gasteiger partial charge in [0.1, 0.15) is 0 Å². The highest BCUT2D eigenvalue weighted by atomic mass is 31.2. The lowest BCUT2D eigenvalue weighted by molar-refractivity contribution is -0.137. The second kappa shape index (κ2) is 10.2. The summed E-state index contributed by atoms with van der Waals surface area (Å²) in [6, 6.07) is 0. The molecule has 0 fully saturated rings. The predicted molar refractivity (Wildman–Crippen MR) is 82.8 cm³/mol. The van der Waals surface area contributed by atoms with Gasteiger partial charge in [0.2, 0.25) is 5.52 Å². The summed E-state index contributed by atoms with van der Waals surface area (Å²) < 4.78 is 46.2. The summed E-state index contributed by atoms with van der Waals surface area (Å²) in [5.74, 6) is -2.66. The third kappa shape index (κ3) is 6.33. The lowest BCUT2D eigenvalue weighted by Gasteiger charge is -2.31. The number of nitrogens with two attached hydrogens (primary N) is 1. The van der Waals surface area contributed by atoms with Crippen LogP contribution in [0.1, 0.15) is 27.7 Å². The summed E-state index contributed by atoms with van der Waals surface area (Å²) in [6.07, 6.45) is 0. The van der Waals surface area contributed by atoms with E-state index in [9.17, 15) is 18.7 Å². The SMILES string of the molecule is CCOP(=O)(OCC)C(NC(=O)C(N)=O)P(=O)(OCC)OCC. The molecule has 0 unspecified atom stereocenters. The van der Waals surface area contributed by atoms with E-state index < -0.39 is 32.5 Å². The van der Waals surface area contributed by atoms with Crippen LogP contribution in [-0.4, -0.2) is 43.8 Å². The van der Waals surface area contributed by atoms with Crippen molar-refractivity contribution in [3.63, 3.8) is 0 Å². The van der Waals surface area contributed by atoms with Gasteiger partial charge in [-0.25, -0.2) is 0 Å². The molecule has 2 amide bonds. The second-order valence-electron chi connectivity index (χ2n) is 3.96. The van der Waals surface area contributed by atoms with Crippen molar-refractivity contribution in [3.05, 3.63) is 0 Å². The van der Waals surface area contributed by atoms with Gasteiger partial charge in [-0.2, -0.15) is 0 Å². The molecule has 0 aromatic heterocycles. The lowest BCUT2D eigenvalue weighted by atomic mass is 10.6. The van der Waals surface area contributed by atoms with Gasteiger partial charge in [0, 0.05) is 0 Å². The summed E-state index contributed by atoms with van der Waals surface area (Å²) in [5, 5.41) is 2.00. The van der Waals surface area contributed by atoms with Crippen molar-refractivity contribution >= 4 is 27.0 Å². The first-order valence-corrected chi connectivity index (χ1v) is 10.3.